The molecule has 1 heterocycles. The molecule has 13 heavy (non-hydrogen) atoms. The second-order valence-electron chi connectivity index (χ2n) is 5.12. The van der Waals surface area contributed by atoms with Gasteiger partial charge < -0.3 is 0 Å². The molecule has 0 spiro atoms. The first-order valence-corrected chi connectivity index (χ1v) is 5.79. The Hall–Kier alpha value is -0.0400. The summed E-state index contributed by atoms with van der Waals surface area (Å²) < 4.78 is 0. The van der Waals surface area contributed by atoms with Gasteiger partial charge in [-0.15, -0.1) is 0 Å². The molecule has 0 bridgehead atoms. The zero-order valence-corrected chi connectivity index (χ0v) is 9.88. The third-order valence-electron chi connectivity index (χ3n) is 3.62. The lowest BCUT2D eigenvalue weighted by Crippen LogP contribution is -2.48. The van der Waals surface area contributed by atoms with E-state index in [9.17, 15) is 0 Å². The maximum atomic E-state index is 2.66. The molecule has 0 unspecified atom stereocenters. The molecule has 0 radical (unpaired) electrons. The lowest BCUT2D eigenvalue weighted by molar-refractivity contribution is 0.0543. The Balaban J connectivity index is 2.60. The Bertz CT molecular complexity index is 135. The molecule has 1 rings (SSSR count). The molecule has 1 aliphatic rings. The predicted molar refractivity (Wildman–Crippen MR) is 58.9 cm³/mol. The van der Waals surface area contributed by atoms with Crippen molar-refractivity contribution in [1.29, 1.82) is 0 Å². The number of nitrogens with zero attached hydrogens (tertiary/aromatic N) is 1. The van der Waals surface area contributed by atoms with E-state index in [1.807, 2.05) is 0 Å². The smallest absolute Gasteiger partial charge is 0.0100 e. The molecule has 0 aromatic carbocycles. The molecule has 0 amide bonds. The van der Waals surface area contributed by atoms with Gasteiger partial charge in [-0.3, -0.25) is 4.90 Å². The molecule has 1 nitrogen and oxygen atoms in total. The summed E-state index contributed by atoms with van der Waals surface area (Å²) in [6, 6.07) is 1.50. The molecule has 0 aromatic heterocycles. The topological polar surface area (TPSA) is 3.24 Å². The Morgan fingerprint density at radius 2 is 1.77 bits per heavy atom. The first kappa shape index (κ1) is 11.0. The van der Waals surface area contributed by atoms with Gasteiger partial charge in [0.15, 0.2) is 0 Å². The van der Waals surface area contributed by atoms with Crippen LogP contribution in [0.15, 0.2) is 0 Å². The van der Waals surface area contributed by atoms with E-state index < -0.39 is 0 Å². The van der Waals surface area contributed by atoms with Crippen molar-refractivity contribution in [2.24, 2.45) is 11.8 Å². The molecule has 2 atom stereocenters. The predicted octanol–water partition coefficient (Wildman–Crippen LogP) is 3.15. The van der Waals surface area contributed by atoms with Crippen molar-refractivity contribution in [3.63, 3.8) is 0 Å². The van der Waals surface area contributed by atoms with Crippen molar-refractivity contribution >= 4 is 0 Å². The first-order chi connectivity index (χ1) is 6.04. The fourth-order valence-corrected chi connectivity index (χ4v) is 2.82. The highest BCUT2D eigenvalue weighted by Gasteiger charge is 2.30. The van der Waals surface area contributed by atoms with Crippen molar-refractivity contribution in [3.8, 4) is 0 Å². The highest BCUT2D eigenvalue weighted by atomic mass is 15.2. The average Bonchev–Trinajstić information content (AvgIpc) is 2.03. The van der Waals surface area contributed by atoms with Crippen molar-refractivity contribution < 1.29 is 0 Å². The molecule has 1 fully saturated rings. The van der Waals surface area contributed by atoms with Gasteiger partial charge in [-0.1, -0.05) is 13.8 Å². The lowest BCUT2D eigenvalue weighted by Gasteiger charge is -2.43. The molecule has 1 aliphatic heterocycles. The van der Waals surface area contributed by atoms with Crippen LogP contribution in [0.4, 0.5) is 0 Å². The number of hydrogen-bond donors (Lipinski definition) is 0. The van der Waals surface area contributed by atoms with Gasteiger partial charge in [0.25, 0.3) is 0 Å². The van der Waals surface area contributed by atoms with E-state index in [4.69, 9.17) is 0 Å². The summed E-state index contributed by atoms with van der Waals surface area (Å²) >= 11 is 0. The largest absolute Gasteiger partial charge is 0.298 e. The standard InChI is InChI=1S/C12H25N/c1-9(2)12-7-6-8-13(10(3)4)11(12)5/h9-12H,6-8H2,1-5H3/t11-,12-/m0/s1. The van der Waals surface area contributed by atoms with Crippen LogP contribution >= 0.6 is 0 Å². The van der Waals surface area contributed by atoms with Crippen molar-refractivity contribution in [3.05, 3.63) is 0 Å². The average molecular weight is 183 g/mol. The Morgan fingerprint density at radius 3 is 2.23 bits per heavy atom. The van der Waals surface area contributed by atoms with Gasteiger partial charge in [-0.2, -0.15) is 0 Å². The number of rotatable bonds is 2. The Labute approximate surface area is 83.5 Å². The van der Waals surface area contributed by atoms with Crippen LogP contribution in [-0.4, -0.2) is 23.5 Å². The number of hydrogen-bond acceptors (Lipinski definition) is 1. The maximum absolute atomic E-state index is 2.66. The fraction of sp³-hybridized carbons (Fsp3) is 1.00. The zero-order valence-electron chi connectivity index (χ0n) is 9.88. The SMILES string of the molecule is CC(C)[C@@H]1CCCN(C(C)C)[C@H]1C. The molecule has 1 saturated heterocycles. The summed E-state index contributed by atoms with van der Waals surface area (Å²) in [4.78, 5) is 2.66. The Morgan fingerprint density at radius 1 is 1.15 bits per heavy atom. The van der Waals surface area contributed by atoms with Gasteiger partial charge in [0.05, 0.1) is 0 Å². The van der Waals surface area contributed by atoms with E-state index in [1.165, 1.54) is 19.4 Å². The van der Waals surface area contributed by atoms with Crippen LogP contribution in [0.2, 0.25) is 0 Å². The van der Waals surface area contributed by atoms with Gasteiger partial charge in [-0.25, -0.2) is 0 Å². The molecular weight excluding hydrogens is 158 g/mol. The van der Waals surface area contributed by atoms with Gasteiger partial charge in [0.1, 0.15) is 0 Å². The van der Waals surface area contributed by atoms with Crippen LogP contribution in [0.3, 0.4) is 0 Å². The fourth-order valence-electron chi connectivity index (χ4n) is 2.82. The van der Waals surface area contributed by atoms with Crippen molar-refractivity contribution in [1.82, 2.24) is 4.90 Å². The first-order valence-electron chi connectivity index (χ1n) is 5.79. The lowest BCUT2D eigenvalue weighted by atomic mass is 9.81. The zero-order chi connectivity index (χ0) is 10.0. The van der Waals surface area contributed by atoms with E-state index in [1.54, 1.807) is 0 Å². The number of piperidine rings is 1. The van der Waals surface area contributed by atoms with E-state index in [-0.39, 0.29) is 0 Å². The quantitative estimate of drug-likeness (QED) is 0.635. The van der Waals surface area contributed by atoms with Crippen LogP contribution < -0.4 is 0 Å². The van der Waals surface area contributed by atoms with E-state index in [0.717, 1.165) is 23.9 Å². The minimum absolute atomic E-state index is 0.719. The summed E-state index contributed by atoms with van der Waals surface area (Å²) in [7, 11) is 0. The van der Waals surface area contributed by atoms with Crippen molar-refractivity contribution in [2.45, 2.75) is 59.5 Å². The van der Waals surface area contributed by atoms with Crippen LogP contribution in [0.25, 0.3) is 0 Å². The van der Waals surface area contributed by atoms with Crippen molar-refractivity contribution in [2.75, 3.05) is 6.54 Å². The third kappa shape index (κ3) is 2.46. The molecule has 0 N–H and O–H groups in total. The van der Waals surface area contributed by atoms with Crippen LogP contribution in [-0.2, 0) is 0 Å². The molecule has 0 saturated carbocycles. The van der Waals surface area contributed by atoms with Crippen LogP contribution in [0, 0.1) is 11.8 Å². The highest BCUT2D eigenvalue weighted by molar-refractivity contribution is 4.84. The minimum atomic E-state index is 0.719. The van der Waals surface area contributed by atoms with E-state index in [2.05, 4.69) is 39.5 Å². The second kappa shape index (κ2) is 4.45. The summed E-state index contributed by atoms with van der Waals surface area (Å²) in [6.45, 7) is 13.1. The normalized spacial score (nSPS) is 31.6. The van der Waals surface area contributed by atoms with E-state index in [0.29, 0.717) is 0 Å². The van der Waals surface area contributed by atoms with Crippen LogP contribution in [0.1, 0.15) is 47.5 Å². The van der Waals surface area contributed by atoms with Gasteiger partial charge in [-0.05, 0) is 52.0 Å². The summed E-state index contributed by atoms with van der Waals surface area (Å²) in [6.07, 6.45) is 2.83. The summed E-state index contributed by atoms with van der Waals surface area (Å²) in [5.41, 5.74) is 0. The highest BCUT2D eigenvalue weighted by Crippen LogP contribution is 2.30. The summed E-state index contributed by atoms with van der Waals surface area (Å²) in [5, 5.41) is 0. The monoisotopic (exact) mass is 183 g/mol. The van der Waals surface area contributed by atoms with Gasteiger partial charge in [0, 0.05) is 12.1 Å². The molecule has 78 valence electrons. The van der Waals surface area contributed by atoms with E-state index >= 15 is 0 Å². The molecule has 1 heteroatoms. The Kier molecular flexibility index (Phi) is 3.78. The number of likely N-dealkylation sites (tertiary alicyclic amines) is 1. The molecular formula is C12H25N. The van der Waals surface area contributed by atoms with Crippen LogP contribution in [0.5, 0.6) is 0 Å². The maximum Gasteiger partial charge on any atom is 0.0100 e. The van der Waals surface area contributed by atoms with Gasteiger partial charge >= 0.3 is 0 Å². The third-order valence-corrected chi connectivity index (χ3v) is 3.62. The molecule has 0 aliphatic carbocycles. The van der Waals surface area contributed by atoms with Gasteiger partial charge in [0.2, 0.25) is 0 Å². The minimum Gasteiger partial charge on any atom is -0.298 e. The second-order valence-corrected chi connectivity index (χ2v) is 5.12. The summed E-state index contributed by atoms with van der Waals surface area (Å²) in [5.74, 6) is 1.76. The molecule has 0 aromatic rings.